The Labute approximate surface area is 395 Å². The molecule has 0 unspecified atom stereocenters. The lowest BCUT2D eigenvalue weighted by Crippen LogP contribution is -2.74. The molecule has 2 bridgehead atoms. The van der Waals surface area contributed by atoms with Gasteiger partial charge in [0.25, 0.3) is 0 Å². The van der Waals surface area contributed by atoms with E-state index >= 15 is 0 Å². The molecular formula is C47H60F3N7O12. The lowest BCUT2D eigenvalue weighted by molar-refractivity contribution is -0.192. The van der Waals surface area contributed by atoms with Crippen LogP contribution in [0.5, 0.6) is 11.5 Å². The molecule has 3 aromatic rings. The number of benzene rings is 2. The molecule has 2 saturated heterocycles. The summed E-state index contributed by atoms with van der Waals surface area (Å²) in [5.41, 5.74) is 3.47. The predicted octanol–water partition coefficient (Wildman–Crippen LogP) is 1.66. The number of hydrogen-bond acceptors (Lipinski definition) is 13. The number of aromatic nitrogens is 1. The van der Waals surface area contributed by atoms with Gasteiger partial charge in [-0.2, -0.15) is 13.2 Å². The van der Waals surface area contributed by atoms with E-state index in [2.05, 4.69) is 26.9 Å². The highest BCUT2D eigenvalue weighted by Crippen LogP contribution is 2.69. The molecule has 6 aliphatic rings. The van der Waals surface area contributed by atoms with Crippen molar-refractivity contribution in [2.75, 3.05) is 98.2 Å². The molecule has 1 amide bonds. The summed E-state index contributed by atoms with van der Waals surface area (Å²) < 4.78 is 41.0. The number of likely N-dealkylation sites (tertiary alicyclic amines) is 1. The third kappa shape index (κ3) is 10.4. The fraction of sp³-hybridized carbons (Fsp3) is 0.596. The fourth-order valence-corrected chi connectivity index (χ4v) is 11.6. The van der Waals surface area contributed by atoms with Gasteiger partial charge >= 0.3 is 30.1 Å². The van der Waals surface area contributed by atoms with E-state index in [-0.39, 0.29) is 43.9 Å². The van der Waals surface area contributed by atoms with Gasteiger partial charge in [0.2, 0.25) is 5.91 Å². The number of aliphatic hydroxyl groups is 1. The number of carbonyl (C=O) groups excluding carboxylic acids is 1. The first kappa shape index (κ1) is 49.9. The number of aryl methyl sites for hydroxylation is 1. The number of ether oxygens (including phenoxy) is 1. The number of halogens is 3. The molecule has 9 rings (SSSR count). The molecule has 7 N–H and O–H groups in total. The molecule has 4 heterocycles. The Morgan fingerprint density at radius 3 is 1.86 bits per heavy atom. The van der Waals surface area contributed by atoms with Crippen molar-refractivity contribution in [1.29, 1.82) is 0 Å². The standard InChI is InChI=1S/C45H59N7O10.C2HF3O2/c53-34-9-8-30-22-35-45(61)23-32-31-4-1-2-5-33(31)52(41(32)43-44(45,40(30)42(34)62-43)10-13-51(35)24-29-6-7-29)12-3-11-46-36(54)25-47-14-16-48(26-37(55)56)18-20-50(28-39(59)60)21-19-49(17-15-47)27-38(57)58;3-2(4,5)1(6)7/h1-2,4-5,8-9,29,35,43,53,61H,3,6-7,10-28H2,(H,46,54)(H,55,56)(H,57,58)(H,59,60);(H,6,7)/t35-,43+,44+,45-;/m1./s1. The second-order valence-electron chi connectivity index (χ2n) is 19.3. The van der Waals surface area contributed by atoms with Gasteiger partial charge in [-0.1, -0.05) is 24.3 Å². The third-order valence-electron chi connectivity index (χ3n) is 14.8. The molecular weight excluding hydrogens is 912 g/mol. The van der Waals surface area contributed by atoms with Crippen LogP contribution in [0.15, 0.2) is 36.4 Å². The minimum atomic E-state index is -5.08. The van der Waals surface area contributed by atoms with E-state index in [0.29, 0.717) is 96.4 Å². The number of phenols is 1. The average Bonchev–Trinajstić information content (AvgIpc) is 3.95. The van der Waals surface area contributed by atoms with Crippen LogP contribution in [0, 0.1) is 5.92 Å². The SMILES string of the molecule is O=C(O)C(F)(F)F.O=C(O)CN1CCN(CC(=O)O)CCN(CC(=O)NCCCn2c3c(c4ccccc42)C[C@@]2(O)[C@H]4Cc5ccc(O)c6c5[C@@]2(CCN4CC2CC2)[C@H]3O6)CCN(CC(=O)O)CC1. The number of aliphatic carboxylic acids is 4. The number of fused-ring (bicyclic) bond motifs is 4. The number of carboxylic acids is 4. The first-order valence-electron chi connectivity index (χ1n) is 23.5. The Kier molecular flexibility index (Phi) is 14.5. The van der Waals surface area contributed by atoms with Crippen LogP contribution in [-0.2, 0) is 48.8 Å². The third-order valence-corrected chi connectivity index (χ3v) is 14.8. The number of piperidine rings is 1. The van der Waals surface area contributed by atoms with Crippen LogP contribution in [0.2, 0.25) is 0 Å². The largest absolute Gasteiger partial charge is 0.504 e. The van der Waals surface area contributed by atoms with Crippen molar-refractivity contribution in [2.24, 2.45) is 5.92 Å². The summed E-state index contributed by atoms with van der Waals surface area (Å²) in [6.45, 7) is 4.71. The summed E-state index contributed by atoms with van der Waals surface area (Å²) >= 11 is 0. The van der Waals surface area contributed by atoms with Gasteiger partial charge in [-0.05, 0) is 67.8 Å². The topological polar surface area (TPSA) is 249 Å². The first-order valence-corrected chi connectivity index (χ1v) is 23.5. The summed E-state index contributed by atoms with van der Waals surface area (Å²) in [4.78, 5) is 67.1. The second-order valence-corrected chi connectivity index (χ2v) is 19.3. The van der Waals surface area contributed by atoms with E-state index in [1.165, 1.54) is 12.8 Å². The minimum absolute atomic E-state index is 0.0366. The van der Waals surface area contributed by atoms with Gasteiger partial charge in [0.15, 0.2) is 17.6 Å². The molecule has 4 atom stereocenters. The molecule has 3 aliphatic heterocycles. The lowest BCUT2D eigenvalue weighted by Gasteiger charge is -2.63. The van der Waals surface area contributed by atoms with Crippen molar-refractivity contribution >= 4 is 40.7 Å². The van der Waals surface area contributed by atoms with Crippen LogP contribution < -0.4 is 10.1 Å². The maximum absolute atomic E-state index is 13.6. The zero-order chi connectivity index (χ0) is 49.4. The van der Waals surface area contributed by atoms with E-state index in [0.717, 1.165) is 52.8 Å². The van der Waals surface area contributed by atoms with Crippen molar-refractivity contribution < 1.29 is 72.5 Å². The van der Waals surface area contributed by atoms with E-state index in [9.17, 15) is 57.9 Å². The predicted molar refractivity (Wildman–Crippen MR) is 240 cm³/mol. The molecule has 0 radical (unpaired) electrons. The Hall–Kier alpha value is -5.52. The molecule has 1 aromatic heterocycles. The van der Waals surface area contributed by atoms with Crippen molar-refractivity contribution in [3.63, 3.8) is 0 Å². The highest BCUT2D eigenvalue weighted by molar-refractivity contribution is 5.87. The van der Waals surface area contributed by atoms with Gasteiger partial charge in [0, 0.05) is 101 Å². The number of hydrogen-bond donors (Lipinski definition) is 7. The molecule has 3 aliphatic carbocycles. The summed E-state index contributed by atoms with van der Waals surface area (Å²) in [7, 11) is 0. The number of carboxylic acid groups (broad SMARTS) is 4. The smallest absolute Gasteiger partial charge is 0.490 e. The monoisotopic (exact) mass is 971 g/mol. The van der Waals surface area contributed by atoms with Crippen LogP contribution in [0.4, 0.5) is 13.2 Å². The Bertz CT molecular complexity index is 2420. The number of nitrogens with one attached hydrogen (secondary N) is 1. The zero-order valence-corrected chi connectivity index (χ0v) is 38.2. The molecule has 1 spiro atoms. The van der Waals surface area contributed by atoms with Crippen molar-refractivity contribution in [3.05, 3.63) is 58.8 Å². The molecule has 376 valence electrons. The van der Waals surface area contributed by atoms with Gasteiger partial charge in [0.1, 0.15) is 0 Å². The van der Waals surface area contributed by atoms with Crippen molar-refractivity contribution in [3.8, 4) is 11.5 Å². The molecule has 69 heavy (non-hydrogen) atoms. The van der Waals surface area contributed by atoms with E-state index < -0.39 is 47.2 Å². The van der Waals surface area contributed by atoms with E-state index in [1.807, 2.05) is 23.1 Å². The number of amides is 1. The number of alkyl halides is 3. The number of phenolic OH excluding ortho intramolecular Hbond substituents is 1. The van der Waals surface area contributed by atoms with Gasteiger partial charge < -0.3 is 45.3 Å². The average molecular weight is 972 g/mol. The maximum Gasteiger partial charge on any atom is 0.490 e. The van der Waals surface area contributed by atoms with Gasteiger partial charge in [-0.15, -0.1) is 0 Å². The Balaban J connectivity index is 0.000000853. The molecule has 2 aromatic carbocycles. The maximum atomic E-state index is 13.6. The number of carbonyl (C=O) groups is 5. The Morgan fingerprint density at radius 2 is 1.32 bits per heavy atom. The quantitative estimate of drug-likeness (QED) is 0.114. The van der Waals surface area contributed by atoms with Crippen molar-refractivity contribution in [1.82, 2.24) is 34.4 Å². The number of aromatic hydroxyl groups is 1. The minimum Gasteiger partial charge on any atom is -0.504 e. The number of nitrogens with zero attached hydrogens (tertiary/aromatic N) is 6. The Morgan fingerprint density at radius 1 is 0.768 bits per heavy atom. The van der Waals surface area contributed by atoms with Crippen LogP contribution in [0.3, 0.4) is 0 Å². The highest BCUT2D eigenvalue weighted by atomic mass is 19.4. The summed E-state index contributed by atoms with van der Waals surface area (Å²) in [5.74, 6) is -4.70. The van der Waals surface area contributed by atoms with Crippen molar-refractivity contribution in [2.45, 2.75) is 74.4 Å². The lowest BCUT2D eigenvalue weighted by atomic mass is 9.49. The fourth-order valence-electron chi connectivity index (χ4n) is 11.6. The summed E-state index contributed by atoms with van der Waals surface area (Å²) in [6.07, 6.45) is -0.584. The normalized spacial score (nSPS) is 25.5. The van der Waals surface area contributed by atoms with Crippen LogP contribution in [0.25, 0.3) is 10.9 Å². The highest BCUT2D eigenvalue weighted by Gasteiger charge is 2.73. The van der Waals surface area contributed by atoms with Crippen LogP contribution in [0.1, 0.15) is 54.2 Å². The van der Waals surface area contributed by atoms with Crippen LogP contribution >= 0.6 is 0 Å². The molecule has 22 heteroatoms. The molecule has 1 saturated carbocycles. The summed E-state index contributed by atoms with van der Waals surface area (Å²) in [5, 5.41) is 64.5. The first-order chi connectivity index (χ1) is 32.8. The van der Waals surface area contributed by atoms with Gasteiger partial charge in [-0.3, -0.25) is 43.7 Å². The molecule has 3 fully saturated rings. The van der Waals surface area contributed by atoms with Gasteiger partial charge in [0.05, 0.1) is 42.9 Å². The second kappa shape index (κ2) is 20.1. The molecule has 19 nitrogen and oxygen atoms in total. The zero-order valence-electron chi connectivity index (χ0n) is 38.2. The summed E-state index contributed by atoms with van der Waals surface area (Å²) in [6, 6.07) is 12.0. The van der Waals surface area contributed by atoms with Gasteiger partial charge in [-0.25, -0.2) is 4.79 Å². The van der Waals surface area contributed by atoms with E-state index in [1.54, 1.807) is 20.8 Å². The van der Waals surface area contributed by atoms with E-state index in [4.69, 9.17) is 14.6 Å². The number of rotatable bonds is 14. The number of para-hydroxylation sites is 1. The van der Waals surface area contributed by atoms with Crippen LogP contribution in [-0.4, -0.2) is 205 Å².